The molecular weight excluding hydrogens is 307 g/mol. The summed E-state index contributed by atoms with van der Waals surface area (Å²) in [5.41, 5.74) is -0.0202. The van der Waals surface area contributed by atoms with Crippen LogP contribution in [0.3, 0.4) is 0 Å². The zero-order valence-corrected chi connectivity index (χ0v) is 11.2. The van der Waals surface area contributed by atoms with Gasteiger partial charge in [-0.3, -0.25) is 10.1 Å². The summed E-state index contributed by atoms with van der Waals surface area (Å²) < 4.78 is 0. The summed E-state index contributed by atoms with van der Waals surface area (Å²) in [4.78, 5) is 21.5. The average molecular weight is 313 g/mol. The number of hydrogen-bond donors (Lipinski definition) is 1. The maximum atomic E-state index is 10.6. The van der Waals surface area contributed by atoms with E-state index in [0.717, 1.165) is 0 Å². The molecule has 1 heterocycles. The molecule has 20 heavy (non-hydrogen) atoms. The first kappa shape index (κ1) is 14.2. The first-order chi connectivity index (χ1) is 9.45. The molecule has 0 aliphatic carbocycles. The second kappa shape index (κ2) is 5.81. The van der Waals surface area contributed by atoms with E-state index in [1.54, 1.807) is 0 Å². The van der Waals surface area contributed by atoms with Gasteiger partial charge in [-0.2, -0.15) is 9.97 Å². The van der Waals surface area contributed by atoms with E-state index < -0.39 is 4.92 Å². The van der Waals surface area contributed by atoms with Crippen LogP contribution in [-0.4, -0.2) is 26.2 Å². The number of aromatic nitrogens is 2. The minimum Gasteiger partial charge on any atom is -0.507 e. The van der Waals surface area contributed by atoms with Crippen molar-refractivity contribution in [2.75, 3.05) is 0 Å². The number of aromatic hydroxyl groups is 1. The molecule has 9 heteroatoms. The third-order valence-electron chi connectivity index (χ3n) is 2.19. The second-order valence-corrected chi connectivity index (χ2v) is 4.35. The van der Waals surface area contributed by atoms with Gasteiger partial charge in [0.05, 0.1) is 4.92 Å². The minimum atomic E-state index is -0.580. The lowest BCUT2D eigenvalue weighted by Gasteiger charge is -1.99. The molecule has 0 aliphatic heterocycles. The van der Waals surface area contributed by atoms with E-state index in [1.165, 1.54) is 30.5 Å². The fourth-order valence-electron chi connectivity index (χ4n) is 1.32. The number of phenols is 1. The molecule has 1 aromatic carbocycles. The zero-order valence-electron chi connectivity index (χ0n) is 9.70. The summed E-state index contributed by atoms with van der Waals surface area (Å²) in [6.07, 6.45) is 1.18. The molecule has 0 atom stereocenters. The number of phenolic OH excluding ortho intramolecular Hbond substituents is 1. The minimum absolute atomic E-state index is 0.0200. The molecule has 0 radical (unpaired) electrons. The fraction of sp³-hybridized carbons (Fsp3) is 0. The number of rotatable bonds is 3. The molecule has 0 saturated heterocycles. The molecule has 0 bridgehead atoms. The Morgan fingerprint density at radius 1 is 1.25 bits per heavy atom. The summed E-state index contributed by atoms with van der Waals surface area (Å²) in [5.74, 6) is -0.180. The molecular formula is C11H6Cl2N4O3. The average Bonchev–Trinajstić information content (AvgIpc) is 2.36. The van der Waals surface area contributed by atoms with Gasteiger partial charge >= 0.3 is 0 Å². The Balaban J connectivity index is 2.35. The molecule has 0 amide bonds. The lowest BCUT2D eigenvalue weighted by molar-refractivity contribution is -0.384. The van der Waals surface area contributed by atoms with Crippen molar-refractivity contribution in [1.82, 2.24) is 9.97 Å². The van der Waals surface area contributed by atoms with E-state index in [1.807, 2.05) is 0 Å². The van der Waals surface area contributed by atoms with Gasteiger partial charge in [-0.25, -0.2) is 4.99 Å². The Bertz CT molecular complexity index is 686. The molecule has 2 rings (SSSR count). The van der Waals surface area contributed by atoms with Gasteiger partial charge in [0.1, 0.15) is 16.1 Å². The number of halogens is 2. The molecule has 0 spiro atoms. The highest BCUT2D eigenvalue weighted by Gasteiger charge is 2.09. The Morgan fingerprint density at radius 3 is 2.50 bits per heavy atom. The molecule has 1 aromatic heterocycles. The topological polar surface area (TPSA) is 102 Å². The van der Waals surface area contributed by atoms with E-state index in [0.29, 0.717) is 0 Å². The Morgan fingerprint density at radius 2 is 1.90 bits per heavy atom. The smallest absolute Gasteiger partial charge is 0.270 e. The molecule has 7 nitrogen and oxygen atoms in total. The van der Waals surface area contributed by atoms with E-state index in [4.69, 9.17) is 23.2 Å². The Kier molecular flexibility index (Phi) is 4.11. The van der Waals surface area contributed by atoms with Crippen molar-refractivity contribution in [2.24, 2.45) is 4.99 Å². The highest BCUT2D eigenvalue weighted by atomic mass is 35.5. The van der Waals surface area contributed by atoms with Crippen molar-refractivity contribution >= 4 is 41.1 Å². The van der Waals surface area contributed by atoms with Crippen molar-refractivity contribution in [3.05, 3.63) is 50.2 Å². The summed E-state index contributed by atoms with van der Waals surface area (Å²) in [5, 5.41) is 20.5. The van der Waals surface area contributed by atoms with Crippen LogP contribution >= 0.6 is 23.2 Å². The highest BCUT2D eigenvalue weighted by Crippen LogP contribution is 2.22. The van der Waals surface area contributed by atoms with Crippen LogP contribution in [0.1, 0.15) is 5.56 Å². The van der Waals surface area contributed by atoms with Crippen LogP contribution in [0.25, 0.3) is 0 Å². The molecule has 1 N–H and O–H groups in total. The lowest BCUT2D eigenvalue weighted by atomic mass is 10.2. The van der Waals surface area contributed by atoms with E-state index in [2.05, 4.69) is 15.0 Å². The number of aliphatic imine (C=N–C) groups is 1. The van der Waals surface area contributed by atoms with Crippen molar-refractivity contribution in [1.29, 1.82) is 0 Å². The maximum absolute atomic E-state index is 10.6. The zero-order chi connectivity index (χ0) is 14.7. The van der Waals surface area contributed by atoms with Gasteiger partial charge in [0.2, 0.25) is 0 Å². The van der Waals surface area contributed by atoms with Crippen LogP contribution in [0.5, 0.6) is 5.75 Å². The standard InChI is InChI=1S/C11H6Cl2N4O3/c12-9-4-10(13)16-11(15-9)14-5-6-3-7(17(19)20)1-2-8(6)18/h1-5,18H. The third kappa shape index (κ3) is 3.40. The van der Waals surface area contributed by atoms with Crippen LogP contribution in [0.2, 0.25) is 10.3 Å². The number of benzene rings is 1. The van der Waals surface area contributed by atoms with Gasteiger partial charge in [-0.05, 0) is 6.07 Å². The van der Waals surface area contributed by atoms with Crippen LogP contribution < -0.4 is 0 Å². The van der Waals surface area contributed by atoms with Gasteiger partial charge in [0.15, 0.2) is 0 Å². The van der Waals surface area contributed by atoms with Crippen LogP contribution in [0.15, 0.2) is 29.3 Å². The molecule has 0 aliphatic rings. The normalized spacial score (nSPS) is 10.9. The van der Waals surface area contributed by atoms with E-state index >= 15 is 0 Å². The van der Waals surface area contributed by atoms with Crippen molar-refractivity contribution < 1.29 is 10.0 Å². The number of nitro groups is 1. The predicted octanol–water partition coefficient (Wildman–Crippen LogP) is 3.15. The molecule has 102 valence electrons. The van der Waals surface area contributed by atoms with Crippen LogP contribution in [0.4, 0.5) is 11.6 Å². The molecule has 0 fully saturated rings. The molecule has 2 aromatic rings. The second-order valence-electron chi connectivity index (χ2n) is 3.57. The van der Waals surface area contributed by atoms with Gasteiger partial charge in [-0.1, -0.05) is 23.2 Å². The lowest BCUT2D eigenvalue weighted by Crippen LogP contribution is -1.91. The molecule has 0 saturated carbocycles. The summed E-state index contributed by atoms with van der Waals surface area (Å²) >= 11 is 11.4. The van der Waals surface area contributed by atoms with Gasteiger partial charge in [0.25, 0.3) is 11.6 Å². The largest absolute Gasteiger partial charge is 0.507 e. The summed E-state index contributed by atoms with van der Waals surface area (Å²) in [7, 11) is 0. The van der Waals surface area contributed by atoms with Crippen LogP contribution in [0, 0.1) is 10.1 Å². The Labute approximate surface area is 122 Å². The van der Waals surface area contributed by atoms with Gasteiger partial charge < -0.3 is 5.11 Å². The van der Waals surface area contributed by atoms with Gasteiger partial charge in [-0.15, -0.1) is 0 Å². The number of hydrogen-bond acceptors (Lipinski definition) is 6. The summed E-state index contributed by atoms with van der Waals surface area (Å²) in [6.45, 7) is 0. The quantitative estimate of drug-likeness (QED) is 0.406. The summed E-state index contributed by atoms with van der Waals surface area (Å²) in [6, 6.07) is 4.89. The van der Waals surface area contributed by atoms with E-state index in [9.17, 15) is 15.2 Å². The third-order valence-corrected chi connectivity index (χ3v) is 2.58. The number of nitrogens with zero attached hydrogens (tertiary/aromatic N) is 4. The fourth-order valence-corrected chi connectivity index (χ4v) is 1.74. The van der Waals surface area contributed by atoms with Gasteiger partial charge in [0, 0.05) is 30.0 Å². The van der Waals surface area contributed by atoms with E-state index in [-0.39, 0.29) is 33.3 Å². The van der Waals surface area contributed by atoms with Crippen molar-refractivity contribution in [2.45, 2.75) is 0 Å². The monoisotopic (exact) mass is 312 g/mol. The van der Waals surface area contributed by atoms with Crippen molar-refractivity contribution in [3.63, 3.8) is 0 Å². The number of nitro benzene ring substituents is 1. The highest BCUT2D eigenvalue weighted by molar-refractivity contribution is 6.33. The predicted molar refractivity (Wildman–Crippen MR) is 74.1 cm³/mol. The maximum Gasteiger partial charge on any atom is 0.270 e. The number of non-ortho nitro benzene ring substituents is 1. The van der Waals surface area contributed by atoms with Crippen molar-refractivity contribution in [3.8, 4) is 5.75 Å². The van der Waals surface area contributed by atoms with Crippen LogP contribution in [-0.2, 0) is 0 Å². The molecule has 0 unspecified atom stereocenters. The Hall–Kier alpha value is -2.25. The first-order valence-electron chi connectivity index (χ1n) is 5.17. The SMILES string of the molecule is O=[N+]([O-])c1ccc(O)c(C=Nc2nc(Cl)cc(Cl)n2)c1. The first-order valence-corrected chi connectivity index (χ1v) is 5.93.